The van der Waals surface area contributed by atoms with Gasteiger partial charge in [0.15, 0.2) is 0 Å². The van der Waals surface area contributed by atoms with Gasteiger partial charge in [-0.1, -0.05) is 6.92 Å². The van der Waals surface area contributed by atoms with E-state index in [1.54, 1.807) is 12.4 Å². The molecule has 1 aromatic rings. The van der Waals surface area contributed by atoms with Crippen molar-refractivity contribution in [3.05, 3.63) is 24.0 Å². The van der Waals surface area contributed by atoms with Gasteiger partial charge in [-0.2, -0.15) is 0 Å². The van der Waals surface area contributed by atoms with Crippen LogP contribution in [0.15, 0.2) is 18.5 Å². The average molecular weight is 221 g/mol. The Bertz CT molecular complexity index is 350. The van der Waals surface area contributed by atoms with E-state index in [2.05, 4.69) is 22.5 Å². The number of aromatic nitrogens is 1. The van der Waals surface area contributed by atoms with Gasteiger partial charge in [-0.3, -0.25) is 9.78 Å². The molecule has 4 heteroatoms. The van der Waals surface area contributed by atoms with Crippen LogP contribution in [0.1, 0.15) is 37.6 Å². The number of rotatable bonds is 5. The van der Waals surface area contributed by atoms with Crippen molar-refractivity contribution < 1.29 is 4.79 Å². The van der Waals surface area contributed by atoms with Crippen LogP contribution in [-0.2, 0) is 0 Å². The molecule has 0 fully saturated rings. The normalized spacial score (nSPS) is 10.2. The molecule has 0 spiro atoms. The third-order valence-corrected chi connectivity index (χ3v) is 2.00. The zero-order chi connectivity index (χ0) is 12.0. The number of nitrogens with one attached hydrogen (secondary N) is 2. The van der Waals surface area contributed by atoms with Gasteiger partial charge in [0.1, 0.15) is 0 Å². The second-order valence-corrected chi connectivity index (χ2v) is 4.02. The Balaban J connectivity index is 2.69. The summed E-state index contributed by atoms with van der Waals surface area (Å²) in [5.74, 6) is -0.0809. The molecule has 0 atom stereocenters. The lowest BCUT2D eigenvalue weighted by atomic mass is 10.2. The highest BCUT2D eigenvalue weighted by Gasteiger charge is 2.07. The molecule has 2 N–H and O–H groups in total. The molecular formula is C12H19N3O. The number of nitrogens with zero attached hydrogens (tertiary/aromatic N) is 1. The fourth-order valence-corrected chi connectivity index (χ4v) is 1.28. The molecule has 1 heterocycles. The Morgan fingerprint density at radius 1 is 1.44 bits per heavy atom. The summed E-state index contributed by atoms with van der Waals surface area (Å²) >= 11 is 0. The van der Waals surface area contributed by atoms with Gasteiger partial charge < -0.3 is 10.6 Å². The number of anilines is 1. The molecule has 1 amide bonds. The summed E-state index contributed by atoms with van der Waals surface area (Å²) in [6.45, 7) is 6.85. The first-order chi connectivity index (χ1) is 7.63. The quantitative estimate of drug-likeness (QED) is 0.800. The minimum Gasteiger partial charge on any atom is -0.384 e. The molecule has 0 saturated carbocycles. The summed E-state index contributed by atoms with van der Waals surface area (Å²) < 4.78 is 0. The summed E-state index contributed by atoms with van der Waals surface area (Å²) in [5.41, 5.74) is 1.48. The van der Waals surface area contributed by atoms with E-state index in [-0.39, 0.29) is 11.9 Å². The van der Waals surface area contributed by atoms with E-state index in [9.17, 15) is 4.79 Å². The summed E-state index contributed by atoms with van der Waals surface area (Å²) in [6.07, 6.45) is 4.35. The van der Waals surface area contributed by atoms with E-state index in [0.717, 1.165) is 18.7 Å². The molecule has 0 bridgehead atoms. The van der Waals surface area contributed by atoms with Crippen molar-refractivity contribution in [3.8, 4) is 0 Å². The molecule has 0 aliphatic rings. The predicted molar refractivity (Wildman–Crippen MR) is 65.6 cm³/mol. The zero-order valence-electron chi connectivity index (χ0n) is 10.1. The third-order valence-electron chi connectivity index (χ3n) is 2.00. The van der Waals surface area contributed by atoms with Crippen LogP contribution < -0.4 is 10.6 Å². The highest BCUT2D eigenvalue weighted by molar-refractivity contribution is 5.94. The first kappa shape index (κ1) is 12.5. The van der Waals surface area contributed by atoms with Crippen molar-refractivity contribution in [2.75, 3.05) is 11.9 Å². The molecule has 0 unspecified atom stereocenters. The number of carbonyl (C=O) groups excluding carboxylic acids is 1. The second kappa shape index (κ2) is 6.10. The smallest absolute Gasteiger partial charge is 0.253 e. The SMILES string of the molecule is CCCNc1cncc(C(=O)NC(C)C)c1. The lowest BCUT2D eigenvalue weighted by Crippen LogP contribution is -2.30. The largest absolute Gasteiger partial charge is 0.384 e. The monoisotopic (exact) mass is 221 g/mol. The zero-order valence-corrected chi connectivity index (χ0v) is 10.1. The van der Waals surface area contributed by atoms with Crippen LogP contribution in [0.25, 0.3) is 0 Å². The average Bonchev–Trinajstić information content (AvgIpc) is 2.26. The van der Waals surface area contributed by atoms with Crippen molar-refractivity contribution >= 4 is 11.6 Å². The standard InChI is InChI=1S/C12H19N3O/c1-4-5-14-11-6-10(7-13-8-11)12(16)15-9(2)3/h6-9,14H,4-5H2,1-3H3,(H,15,16). The summed E-state index contributed by atoms with van der Waals surface area (Å²) in [4.78, 5) is 15.7. The molecule has 0 aliphatic heterocycles. The van der Waals surface area contributed by atoms with E-state index in [1.165, 1.54) is 0 Å². The van der Waals surface area contributed by atoms with Gasteiger partial charge in [-0.05, 0) is 26.3 Å². The van der Waals surface area contributed by atoms with Crippen LogP contribution in [0.2, 0.25) is 0 Å². The van der Waals surface area contributed by atoms with E-state index in [1.807, 2.05) is 19.9 Å². The third kappa shape index (κ3) is 3.88. The summed E-state index contributed by atoms with van der Waals surface area (Å²) in [5, 5.41) is 6.04. The van der Waals surface area contributed by atoms with E-state index < -0.39 is 0 Å². The van der Waals surface area contributed by atoms with Gasteiger partial charge in [0.05, 0.1) is 11.3 Å². The van der Waals surface area contributed by atoms with Crippen LogP contribution in [0, 0.1) is 0 Å². The highest BCUT2D eigenvalue weighted by Crippen LogP contribution is 2.08. The van der Waals surface area contributed by atoms with Crippen LogP contribution in [-0.4, -0.2) is 23.5 Å². The number of pyridine rings is 1. The van der Waals surface area contributed by atoms with Crippen molar-refractivity contribution in [2.45, 2.75) is 33.2 Å². The van der Waals surface area contributed by atoms with Crippen LogP contribution >= 0.6 is 0 Å². The highest BCUT2D eigenvalue weighted by atomic mass is 16.1. The molecule has 16 heavy (non-hydrogen) atoms. The van der Waals surface area contributed by atoms with Crippen LogP contribution in [0.4, 0.5) is 5.69 Å². The van der Waals surface area contributed by atoms with Gasteiger partial charge in [-0.25, -0.2) is 0 Å². The number of hydrogen-bond donors (Lipinski definition) is 2. The Labute approximate surface area is 96.5 Å². The first-order valence-electron chi connectivity index (χ1n) is 5.63. The Hall–Kier alpha value is -1.58. The maximum atomic E-state index is 11.7. The van der Waals surface area contributed by atoms with Crippen molar-refractivity contribution in [1.82, 2.24) is 10.3 Å². The van der Waals surface area contributed by atoms with Crippen LogP contribution in [0.3, 0.4) is 0 Å². The van der Waals surface area contributed by atoms with Gasteiger partial charge >= 0.3 is 0 Å². The van der Waals surface area contributed by atoms with E-state index in [0.29, 0.717) is 5.56 Å². The van der Waals surface area contributed by atoms with Gasteiger partial charge in [0.25, 0.3) is 5.91 Å². The molecule has 1 aromatic heterocycles. The van der Waals surface area contributed by atoms with Gasteiger partial charge in [0.2, 0.25) is 0 Å². The van der Waals surface area contributed by atoms with Crippen molar-refractivity contribution in [2.24, 2.45) is 0 Å². The molecule has 0 saturated heterocycles. The Morgan fingerprint density at radius 2 is 2.19 bits per heavy atom. The van der Waals surface area contributed by atoms with E-state index in [4.69, 9.17) is 0 Å². The lowest BCUT2D eigenvalue weighted by Gasteiger charge is -2.09. The number of amides is 1. The molecule has 0 radical (unpaired) electrons. The first-order valence-corrected chi connectivity index (χ1v) is 5.63. The van der Waals surface area contributed by atoms with Crippen LogP contribution in [0.5, 0.6) is 0 Å². The molecule has 0 aliphatic carbocycles. The molecule has 88 valence electrons. The summed E-state index contributed by atoms with van der Waals surface area (Å²) in [6, 6.07) is 1.96. The minimum atomic E-state index is -0.0809. The van der Waals surface area contributed by atoms with Crippen molar-refractivity contribution in [1.29, 1.82) is 0 Å². The lowest BCUT2D eigenvalue weighted by molar-refractivity contribution is 0.0943. The van der Waals surface area contributed by atoms with Gasteiger partial charge in [-0.15, -0.1) is 0 Å². The topological polar surface area (TPSA) is 54.0 Å². The second-order valence-electron chi connectivity index (χ2n) is 4.02. The minimum absolute atomic E-state index is 0.0809. The molecule has 0 aromatic carbocycles. The predicted octanol–water partition coefficient (Wildman–Crippen LogP) is 2.04. The maximum absolute atomic E-state index is 11.7. The molecular weight excluding hydrogens is 202 g/mol. The number of carbonyl (C=O) groups is 1. The maximum Gasteiger partial charge on any atom is 0.253 e. The molecule has 4 nitrogen and oxygen atoms in total. The Kier molecular flexibility index (Phi) is 4.76. The summed E-state index contributed by atoms with van der Waals surface area (Å²) in [7, 11) is 0. The fraction of sp³-hybridized carbons (Fsp3) is 0.500. The molecule has 1 rings (SSSR count). The fourth-order valence-electron chi connectivity index (χ4n) is 1.28. The Morgan fingerprint density at radius 3 is 2.81 bits per heavy atom. The van der Waals surface area contributed by atoms with Gasteiger partial charge in [0, 0.05) is 25.0 Å². The van der Waals surface area contributed by atoms with Crippen molar-refractivity contribution in [3.63, 3.8) is 0 Å². The number of hydrogen-bond acceptors (Lipinski definition) is 3. The van der Waals surface area contributed by atoms with E-state index >= 15 is 0 Å².